The average molecular weight is 286 g/mol. The molecule has 0 bridgehead atoms. The van der Waals surface area contributed by atoms with Crippen molar-refractivity contribution in [3.8, 4) is 0 Å². The van der Waals surface area contributed by atoms with Crippen LogP contribution < -0.4 is 0 Å². The van der Waals surface area contributed by atoms with Crippen LogP contribution in [-0.4, -0.2) is 17.8 Å². The molecule has 8 heteroatoms. The Morgan fingerprint density at radius 2 is 1.93 bits per heavy atom. The molecule has 0 N–H and O–H groups in total. The second-order valence-corrected chi connectivity index (χ2v) is 6.00. The van der Waals surface area contributed by atoms with Crippen molar-refractivity contribution in [1.29, 1.82) is 0 Å². The van der Waals surface area contributed by atoms with Crippen LogP contribution in [0.4, 0.5) is 0 Å². The van der Waals surface area contributed by atoms with Gasteiger partial charge in [0.15, 0.2) is 10.2 Å². The van der Waals surface area contributed by atoms with Crippen molar-refractivity contribution < 1.29 is 8.42 Å². The van der Waals surface area contributed by atoms with Crippen LogP contribution in [0.1, 0.15) is 0 Å². The number of nitrogens with zero attached hydrogens (tertiary/aromatic N) is 2. The molecule has 0 aliphatic heterocycles. The lowest BCUT2D eigenvalue weighted by Gasteiger charge is -1.97. The lowest BCUT2D eigenvalue weighted by molar-refractivity contribution is 0.605. The first kappa shape index (κ1) is 11.0. The van der Waals surface area contributed by atoms with Gasteiger partial charge in [0, 0.05) is 16.9 Å². The molecule has 0 spiro atoms. The third-order valence-corrected chi connectivity index (χ3v) is 3.62. The van der Waals surface area contributed by atoms with Gasteiger partial charge < -0.3 is 0 Å². The van der Waals surface area contributed by atoms with Crippen molar-refractivity contribution in [2.45, 2.75) is 5.03 Å². The summed E-state index contributed by atoms with van der Waals surface area (Å²) in [6.07, 6.45) is 1.38. The minimum Gasteiger partial charge on any atom is -0.287 e. The molecular weight excluding hydrogens is 283 g/mol. The molecule has 0 unspecified atom stereocenters. The minimum absolute atomic E-state index is 0.174. The maximum absolute atomic E-state index is 11.2. The highest BCUT2D eigenvalue weighted by molar-refractivity contribution is 8.13. The van der Waals surface area contributed by atoms with Gasteiger partial charge in [0.2, 0.25) is 0 Å². The molecule has 15 heavy (non-hydrogen) atoms. The van der Waals surface area contributed by atoms with Gasteiger partial charge in [-0.25, -0.2) is 13.4 Å². The SMILES string of the molecule is O=S(=O)(Cl)c1c(Cl)nc2ccc(Cl)cn12. The lowest BCUT2D eigenvalue weighted by Crippen LogP contribution is -1.97. The highest BCUT2D eigenvalue weighted by atomic mass is 35.7. The predicted molar refractivity (Wildman–Crippen MR) is 58.3 cm³/mol. The first-order valence-electron chi connectivity index (χ1n) is 3.67. The summed E-state index contributed by atoms with van der Waals surface area (Å²) in [7, 11) is 1.27. The van der Waals surface area contributed by atoms with Crippen LogP contribution in [0.15, 0.2) is 23.4 Å². The topological polar surface area (TPSA) is 51.4 Å². The first-order chi connectivity index (χ1) is 6.89. The van der Waals surface area contributed by atoms with Crippen LogP contribution in [0, 0.1) is 0 Å². The zero-order chi connectivity index (χ0) is 11.2. The Morgan fingerprint density at radius 1 is 1.27 bits per heavy atom. The van der Waals surface area contributed by atoms with Gasteiger partial charge >= 0.3 is 0 Å². The van der Waals surface area contributed by atoms with Gasteiger partial charge in [-0.15, -0.1) is 0 Å². The van der Waals surface area contributed by atoms with E-state index >= 15 is 0 Å². The number of hydrogen-bond donors (Lipinski definition) is 0. The monoisotopic (exact) mass is 284 g/mol. The van der Waals surface area contributed by atoms with Crippen molar-refractivity contribution in [3.05, 3.63) is 28.5 Å². The summed E-state index contributed by atoms with van der Waals surface area (Å²) in [5.74, 6) is 0. The second kappa shape index (κ2) is 3.52. The van der Waals surface area contributed by atoms with Gasteiger partial charge in [-0.05, 0) is 12.1 Å². The smallest absolute Gasteiger partial charge is 0.280 e. The number of pyridine rings is 1. The van der Waals surface area contributed by atoms with Gasteiger partial charge in [0.05, 0.1) is 5.02 Å². The number of halogens is 3. The third-order valence-electron chi connectivity index (χ3n) is 1.73. The highest BCUT2D eigenvalue weighted by Gasteiger charge is 2.22. The Kier molecular flexibility index (Phi) is 2.58. The summed E-state index contributed by atoms with van der Waals surface area (Å²) < 4.78 is 23.7. The Labute approximate surface area is 99.8 Å². The van der Waals surface area contributed by atoms with E-state index in [0.717, 1.165) is 0 Å². The van der Waals surface area contributed by atoms with Gasteiger partial charge in [-0.1, -0.05) is 23.2 Å². The van der Waals surface area contributed by atoms with Crippen LogP contribution in [0.2, 0.25) is 10.2 Å². The summed E-state index contributed by atoms with van der Waals surface area (Å²) in [4.78, 5) is 3.83. The molecule has 2 rings (SSSR count). The molecule has 0 saturated carbocycles. The van der Waals surface area contributed by atoms with E-state index in [1.54, 1.807) is 12.1 Å². The van der Waals surface area contributed by atoms with Crippen LogP contribution in [0.5, 0.6) is 0 Å². The Bertz CT molecular complexity index is 635. The Hall–Kier alpha value is -0.490. The fourth-order valence-electron chi connectivity index (χ4n) is 1.19. The molecule has 2 aromatic rings. The first-order valence-corrected chi connectivity index (χ1v) is 6.74. The largest absolute Gasteiger partial charge is 0.287 e. The molecule has 80 valence electrons. The van der Waals surface area contributed by atoms with Crippen LogP contribution >= 0.6 is 33.9 Å². The third kappa shape index (κ3) is 1.92. The van der Waals surface area contributed by atoms with Gasteiger partial charge in [-0.3, -0.25) is 4.40 Å². The zero-order valence-corrected chi connectivity index (χ0v) is 10.1. The molecule has 4 nitrogen and oxygen atoms in total. The molecular formula is C7H3Cl3N2O2S. The van der Waals surface area contributed by atoms with E-state index in [1.807, 2.05) is 0 Å². The summed E-state index contributed by atoms with van der Waals surface area (Å²) in [5.41, 5.74) is 0.364. The van der Waals surface area contributed by atoms with Gasteiger partial charge in [0.1, 0.15) is 5.65 Å². The van der Waals surface area contributed by atoms with Crippen LogP contribution in [0.3, 0.4) is 0 Å². The van der Waals surface area contributed by atoms with E-state index in [0.29, 0.717) is 10.7 Å². The van der Waals surface area contributed by atoms with E-state index < -0.39 is 9.05 Å². The van der Waals surface area contributed by atoms with Crippen molar-refractivity contribution in [1.82, 2.24) is 9.38 Å². The van der Waals surface area contributed by atoms with E-state index in [4.69, 9.17) is 33.9 Å². The van der Waals surface area contributed by atoms with Crippen molar-refractivity contribution >= 4 is 48.6 Å². The standard InChI is InChI=1S/C7H3Cl3N2O2S/c8-4-1-2-5-11-6(9)7(12(5)3-4)15(10,13)14/h1-3H. The molecule has 0 aliphatic rings. The maximum atomic E-state index is 11.2. The number of imidazole rings is 1. The summed E-state index contributed by atoms with van der Waals surface area (Å²) in [5, 5.41) is -0.0891. The normalized spacial score (nSPS) is 12.2. The highest BCUT2D eigenvalue weighted by Crippen LogP contribution is 2.26. The molecule has 0 amide bonds. The quantitative estimate of drug-likeness (QED) is 0.757. The molecule has 0 radical (unpaired) electrons. The lowest BCUT2D eigenvalue weighted by atomic mass is 10.5. The van der Waals surface area contributed by atoms with Gasteiger partial charge in [0.25, 0.3) is 9.05 Å². The summed E-state index contributed by atoms with van der Waals surface area (Å²) >= 11 is 11.4. The summed E-state index contributed by atoms with van der Waals surface area (Å²) in [6.45, 7) is 0. The van der Waals surface area contributed by atoms with E-state index in [-0.39, 0.29) is 10.2 Å². The fraction of sp³-hybridized carbons (Fsp3) is 0. The van der Waals surface area contributed by atoms with Crippen LogP contribution in [-0.2, 0) is 9.05 Å². The number of aromatic nitrogens is 2. The molecule has 0 fully saturated rings. The van der Waals surface area contributed by atoms with Crippen molar-refractivity contribution in [3.63, 3.8) is 0 Å². The van der Waals surface area contributed by atoms with Crippen molar-refractivity contribution in [2.24, 2.45) is 0 Å². The molecule has 0 saturated heterocycles. The average Bonchev–Trinajstić information content (AvgIpc) is 2.38. The second-order valence-electron chi connectivity index (χ2n) is 2.72. The number of hydrogen-bond acceptors (Lipinski definition) is 3. The minimum atomic E-state index is -3.95. The van der Waals surface area contributed by atoms with Crippen molar-refractivity contribution in [2.75, 3.05) is 0 Å². The van der Waals surface area contributed by atoms with E-state index in [9.17, 15) is 8.42 Å². The van der Waals surface area contributed by atoms with E-state index in [2.05, 4.69) is 4.98 Å². The summed E-state index contributed by atoms with van der Waals surface area (Å²) in [6, 6.07) is 3.12. The molecule has 2 aromatic heterocycles. The molecule has 0 aliphatic carbocycles. The predicted octanol–water partition coefficient (Wildman–Crippen LogP) is 2.57. The van der Waals surface area contributed by atoms with E-state index in [1.165, 1.54) is 10.6 Å². The molecule has 0 aromatic carbocycles. The molecule has 0 atom stereocenters. The van der Waals surface area contributed by atoms with Crippen LogP contribution in [0.25, 0.3) is 5.65 Å². The molecule has 2 heterocycles. The fourth-order valence-corrected chi connectivity index (χ4v) is 3.02. The maximum Gasteiger partial charge on any atom is 0.280 e. The number of fused-ring (bicyclic) bond motifs is 1. The zero-order valence-electron chi connectivity index (χ0n) is 6.99. The Balaban J connectivity index is 2.95. The van der Waals surface area contributed by atoms with Gasteiger partial charge in [-0.2, -0.15) is 0 Å². The Morgan fingerprint density at radius 3 is 2.53 bits per heavy atom. The number of rotatable bonds is 1.